The lowest BCUT2D eigenvalue weighted by Crippen LogP contribution is -2.30. The van der Waals surface area contributed by atoms with Crippen LogP contribution in [0.15, 0.2) is 42.5 Å². The lowest BCUT2D eigenvalue weighted by Gasteiger charge is -2.16. The van der Waals surface area contributed by atoms with Crippen molar-refractivity contribution in [1.82, 2.24) is 0 Å². The van der Waals surface area contributed by atoms with E-state index >= 15 is 0 Å². The van der Waals surface area contributed by atoms with E-state index < -0.39 is 6.10 Å². The second kappa shape index (κ2) is 6.64. The molecule has 0 heterocycles. The van der Waals surface area contributed by atoms with Crippen LogP contribution in [-0.4, -0.2) is 12.0 Å². The minimum atomic E-state index is -0.592. The fourth-order valence-electron chi connectivity index (χ4n) is 1.88. The van der Waals surface area contributed by atoms with E-state index in [1.54, 1.807) is 31.2 Å². The fourth-order valence-corrected chi connectivity index (χ4v) is 2.00. The number of halogens is 1. The Hall–Kier alpha value is -2.00. The standard InChI is InChI=1S/C17H18ClNO2/c1-11-4-5-12(2)16(10-11)19-17(20)13(3)21-15-8-6-14(18)7-9-15/h4-10,13H,1-3H3,(H,19,20)/t13-/m0/s1. The van der Waals surface area contributed by atoms with Gasteiger partial charge in [-0.2, -0.15) is 0 Å². The smallest absolute Gasteiger partial charge is 0.265 e. The molecule has 21 heavy (non-hydrogen) atoms. The number of amides is 1. The first kappa shape index (κ1) is 15.4. The molecule has 110 valence electrons. The predicted octanol–water partition coefficient (Wildman–Crippen LogP) is 4.36. The van der Waals surface area contributed by atoms with Gasteiger partial charge >= 0.3 is 0 Å². The maximum Gasteiger partial charge on any atom is 0.265 e. The molecule has 4 heteroatoms. The van der Waals surface area contributed by atoms with Crippen LogP contribution >= 0.6 is 11.6 Å². The molecule has 2 aromatic rings. The van der Waals surface area contributed by atoms with Crippen molar-refractivity contribution in [3.05, 3.63) is 58.6 Å². The van der Waals surface area contributed by atoms with Crippen LogP contribution in [0.4, 0.5) is 5.69 Å². The SMILES string of the molecule is Cc1ccc(C)c(NC(=O)[C@H](C)Oc2ccc(Cl)cc2)c1. The summed E-state index contributed by atoms with van der Waals surface area (Å²) in [7, 11) is 0. The Morgan fingerprint density at radius 1 is 1.14 bits per heavy atom. The Balaban J connectivity index is 2.02. The van der Waals surface area contributed by atoms with Crippen molar-refractivity contribution in [1.29, 1.82) is 0 Å². The van der Waals surface area contributed by atoms with Crippen molar-refractivity contribution in [3.63, 3.8) is 0 Å². The number of benzene rings is 2. The molecule has 0 aliphatic rings. The Morgan fingerprint density at radius 3 is 2.48 bits per heavy atom. The third-order valence-corrected chi connectivity index (χ3v) is 3.40. The van der Waals surface area contributed by atoms with Crippen LogP contribution in [-0.2, 0) is 4.79 Å². The van der Waals surface area contributed by atoms with Crippen LogP contribution in [0.1, 0.15) is 18.1 Å². The van der Waals surface area contributed by atoms with E-state index in [4.69, 9.17) is 16.3 Å². The molecule has 0 aliphatic carbocycles. The van der Waals surface area contributed by atoms with Gasteiger partial charge in [0.25, 0.3) is 5.91 Å². The number of carbonyl (C=O) groups is 1. The third kappa shape index (κ3) is 4.23. The van der Waals surface area contributed by atoms with E-state index in [1.807, 2.05) is 32.0 Å². The summed E-state index contributed by atoms with van der Waals surface area (Å²) in [5.74, 6) is 0.432. The highest BCUT2D eigenvalue weighted by Crippen LogP contribution is 2.19. The Bertz CT molecular complexity index is 638. The van der Waals surface area contributed by atoms with E-state index in [1.165, 1.54) is 0 Å². The Morgan fingerprint density at radius 2 is 1.81 bits per heavy atom. The molecule has 0 aliphatic heterocycles. The number of rotatable bonds is 4. The number of aryl methyl sites for hydroxylation is 2. The largest absolute Gasteiger partial charge is 0.481 e. The third-order valence-electron chi connectivity index (χ3n) is 3.15. The summed E-state index contributed by atoms with van der Waals surface area (Å²) in [6.45, 7) is 5.66. The monoisotopic (exact) mass is 303 g/mol. The van der Waals surface area contributed by atoms with E-state index in [2.05, 4.69) is 5.32 Å². The summed E-state index contributed by atoms with van der Waals surface area (Å²) in [5, 5.41) is 3.53. The van der Waals surface area contributed by atoms with Gasteiger partial charge in [-0.1, -0.05) is 23.7 Å². The van der Waals surface area contributed by atoms with Crippen molar-refractivity contribution in [2.45, 2.75) is 26.9 Å². The number of ether oxygens (including phenoxy) is 1. The predicted molar refractivity (Wildman–Crippen MR) is 86.1 cm³/mol. The second-order valence-electron chi connectivity index (χ2n) is 5.02. The Labute approximate surface area is 129 Å². The molecule has 2 rings (SSSR count). The average Bonchev–Trinajstić information content (AvgIpc) is 2.45. The van der Waals surface area contributed by atoms with Gasteiger partial charge in [0.15, 0.2) is 6.10 Å². The highest BCUT2D eigenvalue weighted by molar-refractivity contribution is 6.30. The lowest BCUT2D eigenvalue weighted by molar-refractivity contribution is -0.122. The number of hydrogen-bond acceptors (Lipinski definition) is 2. The molecular weight excluding hydrogens is 286 g/mol. The summed E-state index contributed by atoms with van der Waals surface area (Å²) in [6.07, 6.45) is -0.592. The summed E-state index contributed by atoms with van der Waals surface area (Å²) >= 11 is 5.82. The van der Waals surface area contributed by atoms with Crippen molar-refractivity contribution in [3.8, 4) is 5.75 Å². The molecule has 2 aromatic carbocycles. The van der Waals surface area contributed by atoms with Gasteiger partial charge in [0.1, 0.15) is 5.75 Å². The minimum Gasteiger partial charge on any atom is -0.481 e. The zero-order valence-electron chi connectivity index (χ0n) is 12.3. The maximum atomic E-state index is 12.2. The van der Waals surface area contributed by atoms with Crippen LogP contribution in [0.2, 0.25) is 5.02 Å². The molecule has 0 spiro atoms. The zero-order chi connectivity index (χ0) is 15.4. The van der Waals surface area contributed by atoms with Crippen LogP contribution in [0, 0.1) is 13.8 Å². The fraction of sp³-hybridized carbons (Fsp3) is 0.235. The van der Waals surface area contributed by atoms with Crippen molar-refractivity contribution in [2.24, 2.45) is 0 Å². The van der Waals surface area contributed by atoms with Crippen molar-refractivity contribution < 1.29 is 9.53 Å². The first-order chi connectivity index (χ1) is 9.95. The van der Waals surface area contributed by atoms with Crippen LogP contribution in [0.5, 0.6) is 5.75 Å². The summed E-state index contributed by atoms with van der Waals surface area (Å²) in [5.41, 5.74) is 2.93. The molecule has 1 N–H and O–H groups in total. The molecule has 1 atom stereocenters. The van der Waals surface area contributed by atoms with E-state index in [9.17, 15) is 4.79 Å². The maximum absolute atomic E-state index is 12.2. The van der Waals surface area contributed by atoms with Gasteiger partial charge in [0.05, 0.1) is 0 Å². The molecule has 0 bridgehead atoms. The number of anilines is 1. The van der Waals surface area contributed by atoms with Crippen molar-refractivity contribution >= 4 is 23.2 Å². The highest BCUT2D eigenvalue weighted by Gasteiger charge is 2.15. The highest BCUT2D eigenvalue weighted by atomic mass is 35.5. The molecule has 0 radical (unpaired) electrons. The van der Waals surface area contributed by atoms with Gasteiger partial charge < -0.3 is 10.1 Å². The molecule has 1 amide bonds. The van der Waals surface area contributed by atoms with E-state index in [-0.39, 0.29) is 5.91 Å². The molecule has 0 saturated heterocycles. The first-order valence-electron chi connectivity index (χ1n) is 6.76. The average molecular weight is 304 g/mol. The van der Waals surface area contributed by atoms with Crippen LogP contribution in [0.25, 0.3) is 0 Å². The minimum absolute atomic E-state index is 0.182. The van der Waals surface area contributed by atoms with Crippen LogP contribution < -0.4 is 10.1 Å². The summed E-state index contributed by atoms with van der Waals surface area (Å²) in [4.78, 5) is 12.2. The van der Waals surface area contributed by atoms with E-state index in [0.29, 0.717) is 10.8 Å². The molecule has 0 unspecified atom stereocenters. The lowest BCUT2D eigenvalue weighted by atomic mass is 10.1. The van der Waals surface area contributed by atoms with E-state index in [0.717, 1.165) is 16.8 Å². The van der Waals surface area contributed by atoms with Gasteiger partial charge in [0.2, 0.25) is 0 Å². The molecule has 0 fully saturated rings. The second-order valence-corrected chi connectivity index (χ2v) is 5.46. The normalized spacial score (nSPS) is 11.8. The van der Waals surface area contributed by atoms with Gasteiger partial charge in [-0.25, -0.2) is 0 Å². The van der Waals surface area contributed by atoms with Crippen LogP contribution in [0.3, 0.4) is 0 Å². The summed E-state index contributed by atoms with van der Waals surface area (Å²) in [6, 6.07) is 12.9. The van der Waals surface area contributed by atoms with Gasteiger partial charge in [0, 0.05) is 10.7 Å². The van der Waals surface area contributed by atoms with Gasteiger partial charge in [-0.15, -0.1) is 0 Å². The number of carbonyl (C=O) groups excluding carboxylic acids is 1. The first-order valence-corrected chi connectivity index (χ1v) is 7.14. The van der Waals surface area contributed by atoms with Gasteiger partial charge in [-0.3, -0.25) is 4.79 Å². The molecule has 0 aromatic heterocycles. The number of nitrogens with one attached hydrogen (secondary N) is 1. The molecule has 0 saturated carbocycles. The number of hydrogen-bond donors (Lipinski definition) is 1. The zero-order valence-corrected chi connectivity index (χ0v) is 13.1. The quantitative estimate of drug-likeness (QED) is 0.911. The van der Waals surface area contributed by atoms with Crippen molar-refractivity contribution in [2.75, 3.05) is 5.32 Å². The van der Waals surface area contributed by atoms with Gasteiger partial charge in [-0.05, 0) is 62.2 Å². The topological polar surface area (TPSA) is 38.3 Å². The molecule has 3 nitrogen and oxygen atoms in total. The molecular formula is C17H18ClNO2. The summed E-state index contributed by atoms with van der Waals surface area (Å²) < 4.78 is 5.60. The Kier molecular flexibility index (Phi) is 4.86.